The van der Waals surface area contributed by atoms with Gasteiger partial charge in [0.25, 0.3) is 0 Å². The molecule has 0 fully saturated rings. The minimum atomic E-state index is 0. The summed E-state index contributed by atoms with van der Waals surface area (Å²) in [6.45, 7) is 8.93. The van der Waals surface area contributed by atoms with Crippen molar-refractivity contribution in [1.82, 2.24) is 0 Å². The van der Waals surface area contributed by atoms with Crippen LogP contribution in [0.1, 0.15) is 64.7 Å². The van der Waals surface area contributed by atoms with Crippen LogP contribution in [0.4, 0.5) is 0 Å². The molecule has 0 aliphatic carbocycles. The van der Waals surface area contributed by atoms with Gasteiger partial charge in [-0.25, -0.2) is 0 Å². The third kappa shape index (κ3) is 5.80. The zero-order valence-corrected chi connectivity index (χ0v) is 16.3. The van der Waals surface area contributed by atoms with E-state index in [4.69, 9.17) is 0 Å². The number of fused-ring (bicyclic) bond motifs is 1. The van der Waals surface area contributed by atoms with Crippen molar-refractivity contribution >= 4 is 10.8 Å². The summed E-state index contributed by atoms with van der Waals surface area (Å²) in [4.78, 5) is 0. The standard InChI is InChI=1S/C18H24.2CH4.K.H/c1-5-6-7-8-16-9-10-18-15(4)14(3)13(2)11-17(18)12-16;;;;/h9-12H,5-8H2,1-4H3;2*1H4;;/q;;;+1;-1. The van der Waals surface area contributed by atoms with E-state index in [0.29, 0.717) is 0 Å². The van der Waals surface area contributed by atoms with Crippen molar-refractivity contribution in [3.63, 3.8) is 0 Å². The maximum absolute atomic E-state index is 2.38. The van der Waals surface area contributed by atoms with Crippen LogP contribution in [0.15, 0.2) is 24.3 Å². The zero-order valence-electron chi connectivity index (χ0n) is 14.1. The van der Waals surface area contributed by atoms with Crippen LogP contribution in [-0.2, 0) is 6.42 Å². The average Bonchev–Trinajstić information content (AvgIpc) is 2.36. The largest absolute Gasteiger partial charge is 1.00 e. The third-order valence-corrected chi connectivity index (χ3v) is 4.12. The van der Waals surface area contributed by atoms with E-state index in [-0.39, 0.29) is 67.7 Å². The summed E-state index contributed by atoms with van der Waals surface area (Å²) in [5.41, 5.74) is 5.76. The van der Waals surface area contributed by atoms with Crippen LogP contribution in [0, 0.1) is 20.8 Å². The molecule has 0 aromatic heterocycles. The molecule has 0 bridgehead atoms. The zero-order chi connectivity index (χ0) is 13.1. The summed E-state index contributed by atoms with van der Waals surface area (Å²) >= 11 is 0. The van der Waals surface area contributed by atoms with Gasteiger partial charge in [0.05, 0.1) is 0 Å². The number of aryl methyl sites for hydroxylation is 3. The van der Waals surface area contributed by atoms with Gasteiger partial charge in [0.2, 0.25) is 0 Å². The monoisotopic (exact) mass is 312 g/mol. The summed E-state index contributed by atoms with van der Waals surface area (Å²) in [7, 11) is 0. The molecule has 0 nitrogen and oxygen atoms in total. The van der Waals surface area contributed by atoms with Gasteiger partial charge >= 0.3 is 51.4 Å². The third-order valence-electron chi connectivity index (χ3n) is 4.12. The summed E-state index contributed by atoms with van der Waals surface area (Å²) in [5, 5.41) is 2.82. The first-order chi connectivity index (χ1) is 8.63. The summed E-state index contributed by atoms with van der Waals surface area (Å²) in [6.07, 6.45) is 5.16. The first-order valence-electron chi connectivity index (χ1n) is 7.13. The van der Waals surface area contributed by atoms with Crippen LogP contribution in [0.3, 0.4) is 0 Å². The van der Waals surface area contributed by atoms with Crippen LogP contribution < -0.4 is 51.4 Å². The van der Waals surface area contributed by atoms with Crippen LogP contribution in [-0.4, -0.2) is 0 Å². The smallest absolute Gasteiger partial charge is 1.00 e. The van der Waals surface area contributed by atoms with Crippen molar-refractivity contribution in [3.8, 4) is 0 Å². The second kappa shape index (κ2) is 11.0. The Hall–Kier alpha value is 0.336. The molecule has 0 saturated carbocycles. The normalized spacial score (nSPS) is 9.52. The molecule has 2 rings (SSSR count). The minimum Gasteiger partial charge on any atom is -1.00 e. The second-order valence-electron chi connectivity index (χ2n) is 5.46. The molecule has 0 heterocycles. The molecule has 0 aliphatic rings. The van der Waals surface area contributed by atoms with Crippen LogP contribution >= 0.6 is 0 Å². The Balaban J connectivity index is -0.000000902. The van der Waals surface area contributed by atoms with E-state index < -0.39 is 0 Å². The fourth-order valence-electron chi connectivity index (χ4n) is 2.65. The quantitative estimate of drug-likeness (QED) is 0.593. The number of unbranched alkanes of at least 4 members (excludes halogenated alkanes) is 2. The van der Waals surface area contributed by atoms with E-state index >= 15 is 0 Å². The summed E-state index contributed by atoms with van der Waals surface area (Å²) in [6, 6.07) is 9.32. The van der Waals surface area contributed by atoms with Crippen LogP contribution in [0.2, 0.25) is 0 Å². The fourth-order valence-corrected chi connectivity index (χ4v) is 2.65. The van der Waals surface area contributed by atoms with E-state index in [9.17, 15) is 0 Å². The van der Waals surface area contributed by atoms with E-state index in [1.807, 2.05) is 0 Å². The number of hydrogen-bond acceptors (Lipinski definition) is 0. The predicted molar refractivity (Wildman–Crippen MR) is 96.0 cm³/mol. The van der Waals surface area contributed by atoms with Gasteiger partial charge in [-0.3, -0.25) is 0 Å². The molecular weight excluding hydrogens is 279 g/mol. The molecular formula is C20H33K. The summed E-state index contributed by atoms with van der Waals surface area (Å²) in [5.74, 6) is 0. The molecule has 2 aromatic rings. The molecule has 21 heavy (non-hydrogen) atoms. The van der Waals surface area contributed by atoms with Crippen molar-refractivity contribution in [3.05, 3.63) is 46.5 Å². The van der Waals surface area contributed by atoms with Gasteiger partial charge in [0.1, 0.15) is 0 Å². The van der Waals surface area contributed by atoms with E-state index in [1.165, 1.54) is 58.7 Å². The van der Waals surface area contributed by atoms with Crippen LogP contribution in [0.25, 0.3) is 10.8 Å². The first-order valence-corrected chi connectivity index (χ1v) is 7.13. The summed E-state index contributed by atoms with van der Waals surface area (Å²) < 4.78 is 0. The number of hydrogen-bond donors (Lipinski definition) is 0. The van der Waals surface area contributed by atoms with Crippen molar-refractivity contribution in [1.29, 1.82) is 0 Å². The number of rotatable bonds is 4. The first kappa shape index (κ1) is 23.6. The van der Waals surface area contributed by atoms with Gasteiger partial charge in [0.15, 0.2) is 0 Å². The Morgan fingerprint density at radius 1 is 0.905 bits per heavy atom. The van der Waals surface area contributed by atoms with Gasteiger partial charge in [0, 0.05) is 0 Å². The minimum absolute atomic E-state index is 0. The molecule has 0 aliphatic heterocycles. The maximum Gasteiger partial charge on any atom is 1.00 e. The van der Waals surface area contributed by atoms with Crippen molar-refractivity contribution in [2.75, 3.05) is 0 Å². The Morgan fingerprint density at radius 2 is 1.57 bits per heavy atom. The van der Waals surface area contributed by atoms with E-state index in [0.717, 1.165) is 0 Å². The average molecular weight is 313 g/mol. The van der Waals surface area contributed by atoms with E-state index in [1.54, 1.807) is 0 Å². The van der Waals surface area contributed by atoms with Gasteiger partial charge in [-0.2, -0.15) is 0 Å². The molecule has 2 aromatic carbocycles. The topological polar surface area (TPSA) is 0 Å². The Labute approximate surface area is 176 Å². The second-order valence-corrected chi connectivity index (χ2v) is 5.46. The van der Waals surface area contributed by atoms with Crippen molar-refractivity contribution in [2.45, 2.75) is 68.2 Å². The van der Waals surface area contributed by atoms with Crippen molar-refractivity contribution in [2.24, 2.45) is 0 Å². The molecule has 0 unspecified atom stereocenters. The molecule has 1 heteroatoms. The van der Waals surface area contributed by atoms with Gasteiger partial charge in [-0.1, -0.05) is 58.9 Å². The van der Waals surface area contributed by atoms with Gasteiger partial charge < -0.3 is 1.43 Å². The van der Waals surface area contributed by atoms with E-state index in [2.05, 4.69) is 52.0 Å². The molecule has 0 spiro atoms. The predicted octanol–water partition coefficient (Wildman–Crippen LogP) is 3.89. The Kier molecular flexibility index (Phi) is 12.3. The molecule has 0 N–H and O–H groups in total. The molecule has 114 valence electrons. The SMILES string of the molecule is C.C.CCCCCc1ccc2c(C)c(C)c(C)cc2c1.[H-].[K+]. The van der Waals surface area contributed by atoms with Gasteiger partial charge in [-0.15, -0.1) is 0 Å². The van der Waals surface area contributed by atoms with Crippen molar-refractivity contribution < 1.29 is 52.8 Å². The molecule has 0 atom stereocenters. The Bertz CT molecular complexity index is 561. The maximum atomic E-state index is 2.38. The molecule has 0 amide bonds. The molecule has 0 radical (unpaired) electrons. The number of benzene rings is 2. The van der Waals surface area contributed by atoms with Crippen LogP contribution in [0.5, 0.6) is 0 Å². The van der Waals surface area contributed by atoms with Gasteiger partial charge in [-0.05, 0) is 66.6 Å². The Morgan fingerprint density at radius 3 is 2.19 bits per heavy atom. The fraction of sp³-hybridized carbons (Fsp3) is 0.500. The molecule has 0 saturated heterocycles.